The second kappa shape index (κ2) is 10.9. The first kappa shape index (κ1) is 19.2. The molecular weight excluding hydrogens is 278 g/mol. The summed E-state index contributed by atoms with van der Waals surface area (Å²) in [5, 5.41) is 6.05. The Hall–Kier alpha value is -0.810. The normalized spacial score (nSPS) is 17.4. The summed E-state index contributed by atoms with van der Waals surface area (Å²) in [7, 11) is 0. The van der Waals surface area contributed by atoms with Crippen LogP contribution in [0.3, 0.4) is 0 Å². The number of carbonyl (C=O) groups excluding carboxylic acids is 2. The Morgan fingerprint density at radius 2 is 2.05 bits per heavy atom. The Balaban J connectivity index is 0.00000361. The number of nitrogens with one attached hydrogen (secondary N) is 2. The minimum absolute atomic E-state index is 0. The largest absolute Gasteiger partial charge is 0.356 e. The highest BCUT2D eigenvalue weighted by atomic mass is 35.5. The monoisotopic (exact) mass is 305 g/mol. The van der Waals surface area contributed by atoms with Gasteiger partial charge >= 0.3 is 0 Å². The Bertz CT molecular complexity index is 294. The highest BCUT2D eigenvalue weighted by molar-refractivity contribution is 5.85. The molecule has 0 saturated carbocycles. The summed E-state index contributed by atoms with van der Waals surface area (Å²) in [5.41, 5.74) is 0. The van der Waals surface area contributed by atoms with Gasteiger partial charge in [0.25, 0.3) is 0 Å². The summed E-state index contributed by atoms with van der Waals surface area (Å²) in [6.45, 7) is 7.38. The van der Waals surface area contributed by atoms with Gasteiger partial charge in [-0.15, -0.1) is 12.4 Å². The van der Waals surface area contributed by atoms with Crippen LogP contribution in [0.25, 0.3) is 0 Å². The number of rotatable bonds is 8. The maximum absolute atomic E-state index is 12.2. The van der Waals surface area contributed by atoms with Crippen molar-refractivity contribution < 1.29 is 9.59 Å². The third kappa shape index (κ3) is 6.57. The lowest BCUT2D eigenvalue weighted by molar-refractivity contribution is -0.133. The van der Waals surface area contributed by atoms with Crippen molar-refractivity contribution in [3.05, 3.63) is 0 Å². The molecule has 0 aromatic carbocycles. The van der Waals surface area contributed by atoms with Gasteiger partial charge < -0.3 is 15.5 Å². The van der Waals surface area contributed by atoms with E-state index in [-0.39, 0.29) is 24.2 Å². The first-order valence-electron chi connectivity index (χ1n) is 7.45. The van der Waals surface area contributed by atoms with Crippen molar-refractivity contribution in [2.75, 3.05) is 26.2 Å². The molecule has 0 spiro atoms. The van der Waals surface area contributed by atoms with Gasteiger partial charge in [-0.25, -0.2) is 0 Å². The van der Waals surface area contributed by atoms with Crippen LogP contribution >= 0.6 is 12.4 Å². The molecule has 1 aliphatic heterocycles. The Morgan fingerprint density at radius 1 is 1.30 bits per heavy atom. The quantitative estimate of drug-likeness (QED) is 0.711. The summed E-state index contributed by atoms with van der Waals surface area (Å²) in [5.74, 6) is 0.236. The maximum atomic E-state index is 12.2. The lowest BCUT2D eigenvalue weighted by atomic mass is 10.1. The molecular formula is C14H28ClN3O2. The van der Waals surface area contributed by atoms with E-state index < -0.39 is 0 Å². The van der Waals surface area contributed by atoms with E-state index in [1.165, 1.54) is 0 Å². The Morgan fingerprint density at radius 3 is 2.60 bits per heavy atom. The molecule has 2 amide bonds. The van der Waals surface area contributed by atoms with E-state index in [0.29, 0.717) is 31.8 Å². The summed E-state index contributed by atoms with van der Waals surface area (Å²) >= 11 is 0. The fourth-order valence-electron chi connectivity index (χ4n) is 2.49. The molecule has 1 fully saturated rings. The van der Waals surface area contributed by atoms with Crippen LogP contribution in [0.1, 0.15) is 46.0 Å². The second-order valence-corrected chi connectivity index (χ2v) is 5.04. The number of amides is 2. The van der Waals surface area contributed by atoms with Gasteiger partial charge in [-0.3, -0.25) is 9.59 Å². The van der Waals surface area contributed by atoms with Crippen LogP contribution in [-0.2, 0) is 9.59 Å². The Labute approximate surface area is 128 Å². The van der Waals surface area contributed by atoms with Crippen molar-refractivity contribution in [2.24, 2.45) is 0 Å². The zero-order valence-corrected chi connectivity index (χ0v) is 13.4. The van der Waals surface area contributed by atoms with Crippen molar-refractivity contribution >= 4 is 24.2 Å². The molecule has 0 aromatic rings. The molecule has 1 unspecified atom stereocenters. The van der Waals surface area contributed by atoms with Gasteiger partial charge in [0.1, 0.15) is 0 Å². The molecule has 1 heterocycles. The van der Waals surface area contributed by atoms with Crippen LogP contribution in [0, 0.1) is 0 Å². The van der Waals surface area contributed by atoms with Gasteiger partial charge in [0.15, 0.2) is 0 Å². The molecule has 0 radical (unpaired) electrons. The molecule has 5 nitrogen and oxygen atoms in total. The van der Waals surface area contributed by atoms with Crippen molar-refractivity contribution in [3.63, 3.8) is 0 Å². The molecule has 1 atom stereocenters. The maximum Gasteiger partial charge on any atom is 0.222 e. The van der Waals surface area contributed by atoms with Gasteiger partial charge in [0.2, 0.25) is 11.8 Å². The van der Waals surface area contributed by atoms with E-state index in [0.717, 1.165) is 32.5 Å². The summed E-state index contributed by atoms with van der Waals surface area (Å²) in [4.78, 5) is 25.6. The highest BCUT2D eigenvalue weighted by Crippen LogP contribution is 2.12. The van der Waals surface area contributed by atoms with Crippen LogP contribution < -0.4 is 10.6 Å². The summed E-state index contributed by atoms with van der Waals surface area (Å²) in [6.07, 6.45) is 3.60. The van der Waals surface area contributed by atoms with Gasteiger partial charge in [0, 0.05) is 38.5 Å². The minimum atomic E-state index is 0. The van der Waals surface area contributed by atoms with Gasteiger partial charge in [-0.05, 0) is 32.7 Å². The molecule has 0 aliphatic carbocycles. The highest BCUT2D eigenvalue weighted by Gasteiger charge is 2.25. The van der Waals surface area contributed by atoms with Crippen LogP contribution in [0.2, 0.25) is 0 Å². The third-order valence-corrected chi connectivity index (χ3v) is 3.43. The smallest absolute Gasteiger partial charge is 0.222 e. The van der Waals surface area contributed by atoms with Crippen molar-refractivity contribution in [3.8, 4) is 0 Å². The van der Waals surface area contributed by atoms with Gasteiger partial charge in [0.05, 0.1) is 0 Å². The number of halogens is 1. The minimum Gasteiger partial charge on any atom is -0.356 e. The van der Waals surface area contributed by atoms with E-state index in [1.54, 1.807) is 0 Å². The fraction of sp³-hybridized carbons (Fsp3) is 0.857. The first-order valence-corrected chi connectivity index (χ1v) is 7.45. The van der Waals surface area contributed by atoms with Gasteiger partial charge in [-0.2, -0.15) is 0 Å². The van der Waals surface area contributed by atoms with E-state index in [2.05, 4.69) is 17.6 Å². The molecule has 6 heteroatoms. The fourth-order valence-corrected chi connectivity index (χ4v) is 2.49. The summed E-state index contributed by atoms with van der Waals surface area (Å²) in [6, 6.07) is 0.344. The van der Waals surface area contributed by atoms with Crippen molar-refractivity contribution in [1.29, 1.82) is 0 Å². The lowest BCUT2D eigenvalue weighted by Gasteiger charge is -2.28. The standard InChI is InChI=1S/C14H27N3O2.ClH/c1-3-10-17(12-8-9-15-11-12)14(19)7-5-6-13(18)16-4-2;/h12,15H,3-11H2,1-2H3,(H,16,18);1H. The molecule has 1 rings (SSSR count). The van der Waals surface area contributed by atoms with E-state index in [4.69, 9.17) is 0 Å². The number of carbonyl (C=O) groups is 2. The second-order valence-electron chi connectivity index (χ2n) is 5.04. The van der Waals surface area contributed by atoms with Crippen molar-refractivity contribution in [2.45, 2.75) is 52.0 Å². The van der Waals surface area contributed by atoms with E-state index in [1.807, 2.05) is 11.8 Å². The van der Waals surface area contributed by atoms with Crippen LogP contribution in [0.15, 0.2) is 0 Å². The lowest BCUT2D eigenvalue weighted by Crippen LogP contribution is -2.42. The molecule has 0 aromatic heterocycles. The Kier molecular flexibility index (Phi) is 10.5. The molecule has 20 heavy (non-hydrogen) atoms. The predicted molar refractivity (Wildman–Crippen MR) is 83.1 cm³/mol. The molecule has 118 valence electrons. The van der Waals surface area contributed by atoms with E-state index >= 15 is 0 Å². The van der Waals surface area contributed by atoms with E-state index in [9.17, 15) is 9.59 Å². The van der Waals surface area contributed by atoms with Gasteiger partial charge in [-0.1, -0.05) is 6.92 Å². The third-order valence-electron chi connectivity index (χ3n) is 3.43. The molecule has 2 N–H and O–H groups in total. The van der Waals surface area contributed by atoms with Crippen LogP contribution in [0.4, 0.5) is 0 Å². The number of hydrogen-bond donors (Lipinski definition) is 2. The average molecular weight is 306 g/mol. The van der Waals surface area contributed by atoms with Crippen LogP contribution in [-0.4, -0.2) is 48.9 Å². The average Bonchev–Trinajstić information content (AvgIpc) is 2.89. The number of hydrogen-bond acceptors (Lipinski definition) is 3. The zero-order chi connectivity index (χ0) is 14.1. The summed E-state index contributed by atoms with van der Waals surface area (Å²) < 4.78 is 0. The van der Waals surface area contributed by atoms with Crippen molar-refractivity contribution in [1.82, 2.24) is 15.5 Å². The first-order chi connectivity index (χ1) is 9.19. The zero-order valence-electron chi connectivity index (χ0n) is 12.6. The molecule has 1 saturated heterocycles. The molecule has 1 aliphatic rings. The molecule has 0 bridgehead atoms. The number of nitrogens with zero attached hydrogens (tertiary/aromatic N) is 1. The SMILES string of the molecule is CCCN(C(=O)CCCC(=O)NCC)C1CCNC1.Cl. The van der Waals surface area contributed by atoms with Crippen LogP contribution in [0.5, 0.6) is 0 Å². The topological polar surface area (TPSA) is 61.4 Å². The predicted octanol–water partition coefficient (Wildman–Crippen LogP) is 1.32.